The number of carbonyl (C=O) groups excluding carboxylic acids is 3. The number of azo groups is 1. The van der Waals surface area contributed by atoms with E-state index < -0.39 is 91.5 Å². The molecule has 0 spiro atoms. The summed E-state index contributed by atoms with van der Waals surface area (Å²) in [5, 5.41) is 33.5. The summed E-state index contributed by atoms with van der Waals surface area (Å²) in [4.78, 5) is 50.4. The number of fused-ring (bicyclic) bond motifs is 2. The van der Waals surface area contributed by atoms with Crippen LogP contribution in [-0.4, -0.2) is 90.6 Å². The van der Waals surface area contributed by atoms with E-state index >= 15 is 0 Å². The van der Waals surface area contributed by atoms with Crippen molar-refractivity contribution < 1.29 is 198 Å². The summed E-state index contributed by atoms with van der Waals surface area (Å²) < 4.78 is 102. The van der Waals surface area contributed by atoms with Gasteiger partial charge in [0.05, 0.1) is 43.8 Å². The van der Waals surface area contributed by atoms with Gasteiger partial charge < -0.3 is 21.3 Å². The van der Waals surface area contributed by atoms with Crippen molar-refractivity contribution in [1.29, 1.82) is 0 Å². The number of hydrazine groups is 1. The number of amides is 1. The smallest absolute Gasteiger partial charge is 0.478 e. The molecule has 0 fully saturated rings. The first-order valence-corrected chi connectivity index (χ1v) is 23.9. The van der Waals surface area contributed by atoms with E-state index in [2.05, 4.69) is 41.7 Å². The third-order valence-corrected chi connectivity index (χ3v) is 12.9. The van der Waals surface area contributed by atoms with Gasteiger partial charge in [-0.2, -0.15) is 45.6 Å². The fourth-order valence-electron chi connectivity index (χ4n) is 6.98. The number of nitrogens with zero attached hydrogens (tertiary/aromatic N) is 6. The van der Waals surface area contributed by atoms with E-state index in [1.54, 1.807) is 30.3 Å². The van der Waals surface area contributed by atoms with Crippen molar-refractivity contribution in [1.82, 2.24) is 5.43 Å². The second-order valence-electron chi connectivity index (χ2n) is 14.9. The van der Waals surface area contributed by atoms with E-state index in [0.717, 1.165) is 47.5 Å². The maximum absolute atomic E-state index is 13.7. The van der Waals surface area contributed by atoms with Crippen LogP contribution in [0.5, 0.6) is 0 Å². The molecule has 8 rings (SSSR count). The molecule has 0 bridgehead atoms. The van der Waals surface area contributed by atoms with Gasteiger partial charge in [-0.15, -0.1) is 10.2 Å². The van der Waals surface area contributed by atoms with Crippen LogP contribution in [0.15, 0.2) is 155 Å². The number of benzene rings is 5. The number of Topliss-reactive ketones (excluding diaryl/α,β-unsaturated/α-hetero) is 1. The predicted molar refractivity (Wildman–Crippen MR) is 249 cm³/mol. The van der Waals surface area contributed by atoms with Crippen LogP contribution in [-0.2, 0) is 57.0 Å². The minimum Gasteiger partial charge on any atom is -0.478 e. The number of carbonyl (C=O) groups is 4. The minimum absolute atomic E-state index is 0. The Labute approximate surface area is 520 Å². The zero-order valence-electron chi connectivity index (χ0n) is 39.2. The van der Waals surface area contributed by atoms with Gasteiger partial charge in [0.15, 0.2) is 11.8 Å². The Morgan fingerprint density at radius 3 is 1.86 bits per heavy atom. The quantitative estimate of drug-likeness (QED) is 0.0249. The molecular weight excluding hydrogens is 1120 g/mol. The Kier molecular flexibility index (Phi) is 22.6. The average Bonchev–Trinajstić information content (AvgIpc) is 3.58. The van der Waals surface area contributed by atoms with Crippen molar-refractivity contribution in [2.75, 3.05) is 15.8 Å². The first kappa shape index (κ1) is 64.4. The van der Waals surface area contributed by atoms with Gasteiger partial charge in [-0.05, 0) is 103 Å². The zero-order chi connectivity index (χ0) is 49.6. The number of hydrogen-bond donors (Lipinski definition) is 7. The monoisotopic (exact) mass is 1150 g/mol. The number of hydrazone groups is 1. The summed E-state index contributed by atoms with van der Waals surface area (Å²) >= 11 is 0. The van der Waals surface area contributed by atoms with Crippen LogP contribution in [0.25, 0.3) is 11.8 Å². The van der Waals surface area contributed by atoms with Crippen LogP contribution in [0.1, 0.15) is 44.3 Å². The third-order valence-electron chi connectivity index (χ3n) is 10.3. The number of rotatable bonds is 13. The molecule has 1 heterocycles. The average molecular weight is 1150 g/mol. The molecular formula is C43H31CuN9Na4O14S3+4. The number of aromatic carboxylic acids is 1. The van der Waals surface area contributed by atoms with E-state index in [1.165, 1.54) is 43.3 Å². The van der Waals surface area contributed by atoms with Gasteiger partial charge in [0.2, 0.25) is 11.6 Å². The normalized spacial score (nSPS) is 16.2. The van der Waals surface area contributed by atoms with Gasteiger partial charge in [0, 0.05) is 51.2 Å². The molecule has 2 aliphatic carbocycles. The maximum Gasteiger partial charge on any atom is 1.00 e. The van der Waals surface area contributed by atoms with Crippen LogP contribution < -0.4 is 139 Å². The summed E-state index contributed by atoms with van der Waals surface area (Å²) in [5.74, 6) is -4.06. The van der Waals surface area contributed by atoms with E-state index in [9.17, 15) is 63.2 Å². The number of carboxylic acids is 1. The van der Waals surface area contributed by atoms with Gasteiger partial charge in [-0.25, -0.2) is 4.79 Å². The Morgan fingerprint density at radius 2 is 1.24 bits per heavy atom. The number of anilines is 4. The largest absolute Gasteiger partial charge is 1.00 e. The van der Waals surface area contributed by atoms with Gasteiger partial charge in [0.25, 0.3) is 36.3 Å². The number of allylic oxidation sites excluding steroid dienone is 2. The third kappa shape index (κ3) is 14.4. The molecule has 1 aliphatic heterocycles. The summed E-state index contributed by atoms with van der Waals surface area (Å²) in [5.41, 5.74) is 5.28. The van der Waals surface area contributed by atoms with Crippen LogP contribution in [0.4, 0.5) is 28.4 Å². The first-order valence-electron chi connectivity index (χ1n) is 19.6. The summed E-state index contributed by atoms with van der Waals surface area (Å²) in [6.07, 6.45) is 2.01. The predicted octanol–water partition coefficient (Wildman–Crippen LogP) is -6.68. The standard InChI is InChI=1S/C43H31N9O14S3.Cu.4Na/c1-22-38(48-46-34-16-13-29(68(61,62)63)20-33(34)43(56)57)42(55)52(51-22)27-10-7-25(8-11-27)45-47-35-21-36(53)39(31-15-12-28(19-32(31)35)67(58,59)60)49-50-40-37(69(64,65)66)18-23-17-26(9-14-30(23)41(40)54)44-24-5-3-2-4-6-24;;;;;/h2-21,38,44-45,47H,1H3,(H,56,57)(H,58,59,60)(H,61,62,63)(H,64,65,66);;;;;/q;;4*+1/b48-46?,49-39+,50-40?;;;;;. The van der Waals surface area contributed by atoms with Gasteiger partial charge >= 0.3 is 124 Å². The molecule has 1 radical (unpaired) electrons. The second-order valence-corrected chi connectivity index (χ2v) is 19.1. The zero-order valence-corrected chi connectivity index (χ0v) is 50.6. The van der Waals surface area contributed by atoms with E-state index in [0.29, 0.717) is 23.1 Å². The van der Waals surface area contributed by atoms with Crippen molar-refractivity contribution in [2.45, 2.75) is 22.8 Å². The molecule has 1 amide bonds. The first-order chi connectivity index (χ1) is 32.6. The van der Waals surface area contributed by atoms with Crippen molar-refractivity contribution in [3.8, 4) is 0 Å². The molecule has 7 N–H and O–H groups in total. The molecule has 3 aliphatic rings. The van der Waals surface area contributed by atoms with Crippen molar-refractivity contribution in [2.24, 2.45) is 25.5 Å². The second kappa shape index (κ2) is 26.0. The summed E-state index contributed by atoms with van der Waals surface area (Å²) in [7, 11) is -14.6. The topological polar surface area (TPSA) is 353 Å². The molecule has 0 aromatic heterocycles. The van der Waals surface area contributed by atoms with Crippen molar-refractivity contribution in [3.05, 3.63) is 148 Å². The molecule has 0 saturated heterocycles. The number of nitrogens with one attached hydrogen (secondary N) is 3. The number of carboxylic acid groups (broad SMARTS) is 1. The molecule has 361 valence electrons. The Bertz CT molecular complexity index is 3640. The molecule has 0 saturated carbocycles. The van der Waals surface area contributed by atoms with Crippen molar-refractivity contribution in [3.63, 3.8) is 0 Å². The van der Waals surface area contributed by atoms with Crippen LogP contribution >= 0.6 is 0 Å². The maximum atomic E-state index is 13.7. The molecule has 31 heteroatoms. The van der Waals surface area contributed by atoms with Crippen LogP contribution in [0.3, 0.4) is 0 Å². The minimum atomic E-state index is -5.11. The van der Waals surface area contributed by atoms with Crippen LogP contribution in [0.2, 0.25) is 0 Å². The van der Waals surface area contributed by atoms with E-state index in [4.69, 9.17) is 0 Å². The molecule has 5 aromatic rings. The summed E-state index contributed by atoms with van der Waals surface area (Å²) in [6, 6.07) is 23.7. The van der Waals surface area contributed by atoms with E-state index in [-0.39, 0.29) is 180 Å². The van der Waals surface area contributed by atoms with Crippen molar-refractivity contribution >= 4 is 111 Å². The van der Waals surface area contributed by atoms with Crippen LogP contribution in [0, 0.1) is 0 Å². The molecule has 74 heavy (non-hydrogen) atoms. The molecule has 23 nitrogen and oxygen atoms in total. The Hall–Kier alpha value is -3.88. The number of hydrogen-bond acceptors (Lipinski definition) is 18. The van der Waals surface area contributed by atoms with E-state index in [1.807, 2.05) is 6.07 Å². The molecule has 1 atom stereocenters. The van der Waals surface area contributed by atoms with Gasteiger partial charge in [-0.3, -0.25) is 28.0 Å². The SMILES string of the molecule is CC1=NN(c2ccc(NNC3=CC(=O)/C(=N/N=C4C(=O)c5ccc(Nc6ccccc6)cc5C=C4S(=O)(=O)O)c4ccc(S(=O)(=O)O)cc43)cc2)C(=O)C1N=Nc1ccc(S(=O)(=O)O)cc1C(=O)O.[Cu].[Na+].[Na+].[Na+].[Na+]. The van der Waals surface area contributed by atoms with Gasteiger partial charge in [0.1, 0.15) is 10.6 Å². The fraction of sp³-hybridized carbons (Fsp3) is 0.0465. The number of ketones is 2. The van der Waals surface area contributed by atoms with Gasteiger partial charge in [-0.1, -0.05) is 24.3 Å². The molecule has 1 unspecified atom stereocenters. The number of para-hydroxylation sites is 1. The fourth-order valence-corrected chi connectivity index (χ4v) is 8.65. The Morgan fingerprint density at radius 1 is 0.649 bits per heavy atom. The molecule has 5 aromatic carbocycles. The Balaban J connectivity index is 0.00000289. The summed E-state index contributed by atoms with van der Waals surface area (Å²) in [6.45, 7) is 1.47.